The van der Waals surface area contributed by atoms with Gasteiger partial charge in [-0.15, -0.1) is 0 Å². The summed E-state index contributed by atoms with van der Waals surface area (Å²) >= 11 is 0. The van der Waals surface area contributed by atoms with Gasteiger partial charge in [-0.1, -0.05) is 6.07 Å². The van der Waals surface area contributed by atoms with Crippen LogP contribution in [0, 0.1) is 6.92 Å². The number of aliphatic imine (C=N–C) groups is 1. The minimum atomic E-state index is -0.804. The van der Waals surface area contributed by atoms with Crippen molar-refractivity contribution >= 4 is 24.3 Å². The van der Waals surface area contributed by atoms with Crippen LogP contribution in [-0.2, 0) is 9.47 Å². The van der Waals surface area contributed by atoms with E-state index in [0.29, 0.717) is 5.82 Å². The van der Waals surface area contributed by atoms with Gasteiger partial charge in [-0.3, -0.25) is 0 Å². The number of ether oxygens (including phenoxy) is 2. The van der Waals surface area contributed by atoms with Crippen molar-refractivity contribution in [2.75, 3.05) is 0 Å². The number of rotatable bonds is 2. The van der Waals surface area contributed by atoms with Gasteiger partial charge < -0.3 is 9.47 Å². The summed E-state index contributed by atoms with van der Waals surface area (Å²) < 4.78 is 10.4. The lowest BCUT2D eigenvalue weighted by Gasteiger charge is -2.26. The second kappa shape index (κ2) is 7.96. The number of hydrogen-bond acceptors (Lipinski definition) is 6. The molecule has 0 aliphatic heterocycles. The average Bonchev–Trinajstić information content (AvgIpc) is 2.41. The highest BCUT2D eigenvalue weighted by Crippen LogP contribution is 2.11. The van der Waals surface area contributed by atoms with Crippen molar-refractivity contribution in [3.63, 3.8) is 0 Å². The molecular formula is C17H26N4O4. The number of aryl methyl sites for hydroxylation is 1. The highest BCUT2D eigenvalue weighted by molar-refractivity contribution is 5.86. The standard InChI is InChI=1S/C17H26N4O4/c1-12-8-9-13(18-10-12)19-11-21(15(23)25-17(5,6)7)20-14(22)24-16(2,3)4/h8-11H,1-7H3,(H,20,22)/b19-11+. The molecule has 1 rings (SSSR count). The molecular weight excluding hydrogens is 324 g/mol. The molecule has 1 N–H and O–H groups in total. The van der Waals surface area contributed by atoms with Crippen LogP contribution in [0.1, 0.15) is 47.1 Å². The average molecular weight is 350 g/mol. The Bertz CT molecular complexity index is 628. The summed E-state index contributed by atoms with van der Waals surface area (Å²) in [4.78, 5) is 32.4. The monoisotopic (exact) mass is 350 g/mol. The first kappa shape index (κ1) is 20.4. The summed E-state index contributed by atoms with van der Waals surface area (Å²) in [5, 5.41) is 0.820. The molecule has 8 heteroatoms. The van der Waals surface area contributed by atoms with Gasteiger partial charge in [-0.05, 0) is 60.1 Å². The zero-order valence-corrected chi connectivity index (χ0v) is 15.8. The van der Waals surface area contributed by atoms with Crippen molar-refractivity contribution in [2.45, 2.75) is 59.7 Å². The summed E-state index contributed by atoms with van der Waals surface area (Å²) in [7, 11) is 0. The SMILES string of the molecule is Cc1ccc(/N=C/N(NC(=O)OC(C)(C)C)C(=O)OC(C)(C)C)nc1. The van der Waals surface area contributed by atoms with E-state index >= 15 is 0 Å². The Morgan fingerprint density at radius 2 is 1.72 bits per heavy atom. The Labute approximate surface area is 148 Å². The molecule has 0 saturated carbocycles. The van der Waals surface area contributed by atoms with Crippen LogP contribution in [0.3, 0.4) is 0 Å². The summed E-state index contributed by atoms with van der Waals surface area (Å²) in [6, 6.07) is 3.52. The Morgan fingerprint density at radius 1 is 1.12 bits per heavy atom. The largest absolute Gasteiger partial charge is 0.443 e. The lowest BCUT2D eigenvalue weighted by molar-refractivity contribution is 0.0174. The van der Waals surface area contributed by atoms with Gasteiger partial charge in [0.05, 0.1) is 0 Å². The molecule has 0 spiro atoms. The minimum Gasteiger partial charge on any atom is -0.443 e. The Hall–Kier alpha value is -2.64. The number of amides is 2. The van der Waals surface area contributed by atoms with Gasteiger partial charge in [0, 0.05) is 6.20 Å². The Balaban J connectivity index is 2.92. The number of aromatic nitrogens is 1. The van der Waals surface area contributed by atoms with Crippen molar-refractivity contribution in [1.29, 1.82) is 0 Å². The van der Waals surface area contributed by atoms with Crippen molar-refractivity contribution in [1.82, 2.24) is 15.4 Å². The highest BCUT2D eigenvalue weighted by atomic mass is 16.6. The topological polar surface area (TPSA) is 93.1 Å². The van der Waals surface area contributed by atoms with Gasteiger partial charge >= 0.3 is 12.2 Å². The fraction of sp³-hybridized carbons (Fsp3) is 0.529. The molecule has 0 bridgehead atoms. The molecule has 8 nitrogen and oxygen atoms in total. The van der Waals surface area contributed by atoms with Gasteiger partial charge in [-0.25, -0.2) is 25.0 Å². The van der Waals surface area contributed by atoms with Crippen molar-refractivity contribution in [3.8, 4) is 0 Å². The van der Waals surface area contributed by atoms with Crippen LogP contribution in [0.4, 0.5) is 15.4 Å². The maximum atomic E-state index is 12.3. The molecule has 138 valence electrons. The molecule has 0 unspecified atom stereocenters. The van der Waals surface area contributed by atoms with Crippen molar-refractivity contribution in [2.24, 2.45) is 4.99 Å². The zero-order chi connectivity index (χ0) is 19.3. The molecule has 25 heavy (non-hydrogen) atoms. The predicted octanol–water partition coefficient (Wildman–Crippen LogP) is 3.73. The number of hydrazine groups is 1. The minimum absolute atomic E-state index is 0.380. The van der Waals surface area contributed by atoms with E-state index in [0.717, 1.165) is 16.9 Å². The first-order valence-electron chi connectivity index (χ1n) is 7.84. The molecule has 0 saturated heterocycles. The molecule has 1 aromatic rings. The summed E-state index contributed by atoms with van der Waals surface area (Å²) in [5.74, 6) is 0.380. The van der Waals surface area contributed by atoms with Gasteiger partial charge in [0.15, 0.2) is 5.82 Å². The maximum absolute atomic E-state index is 12.3. The number of hydrogen-bond donors (Lipinski definition) is 1. The molecule has 0 aromatic carbocycles. The number of carbonyl (C=O) groups excluding carboxylic acids is 2. The lowest BCUT2D eigenvalue weighted by Crippen LogP contribution is -2.49. The van der Waals surface area contributed by atoms with E-state index < -0.39 is 23.4 Å². The third-order valence-corrected chi connectivity index (χ3v) is 2.40. The van der Waals surface area contributed by atoms with E-state index in [2.05, 4.69) is 15.4 Å². The molecule has 1 aromatic heterocycles. The Kier molecular flexibility index (Phi) is 6.49. The van der Waals surface area contributed by atoms with E-state index in [1.165, 1.54) is 0 Å². The molecule has 0 atom stereocenters. The Morgan fingerprint density at radius 3 is 2.20 bits per heavy atom. The first-order chi connectivity index (χ1) is 11.4. The molecule has 0 aliphatic rings. The normalized spacial score (nSPS) is 12.0. The van der Waals surface area contributed by atoms with E-state index in [1.807, 2.05) is 13.0 Å². The molecule has 0 radical (unpaired) electrons. The van der Waals surface area contributed by atoms with Crippen molar-refractivity contribution < 1.29 is 19.1 Å². The first-order valence-corrected chi connectivity index (χ1v) is 7.84. The van der Waals surface area contributed by atoms with E-state index in [-0.39, 0.29) is 0 Å². The summed E-state index contributed by atoms with van der Waals surface area (Å²) in [6.07, 6.45) is 1.16. The van der Waals surface area contributed by atoms with Crippen molar-refractivity contribution in [3.05, 3.63) is 23.9 Å². The fourth-order valence-electron chi connectivity index (χ4n) is 1.49. The number of pyridine rings is 1. The van der Waals surface area contributed by atoms with E-state index in [4.69, 9.17) is 9.47 Å². The van der Waals surface area contributed by atoms with E-state index in [1.54, 1.807) is 53.8 Å². The summed E-state index contributed by atoms with van der Waals surface area (Å²) in [6.45, 7) is 12.2. The zero-order valence-electron chi connectivity index (χ0n) is 15.8. The number of nitrogens with one attached hydrogen (secondary N) is 1. The van der Waals surface area contributed by atoms with Gasteiger partial charge in [0.2, 0.25) is 0 Å². The van der Waals surface area contributed by atoms with Gasteiger partial charge in [0.1, 0.15) is 17.5 Å². The van der Waals surface area contributed by atoms with Crippen LogP contribution < -0.4 is 5.43 Å². The lowest BCUT2D eigenvalue weighted by atomic mass is 10.2. The smallest absolute Gasteiger partial charge is 0.435 e. The van der Waals surface area contributed by atoms with Gasteiger partial charge in [-0.2, -0.15) is 5.01 Å². The number of nitrogens with zero attached hydrogens (tertiary/aromatic N) is 3. The maximum Gasteiger partial charge on any atom is 0.435 e. The second-order valence-electron chi connectivity index (χ2n) is 7.40. The highest BCUT2D eigenvalue weighted by Gasteiger charge is 2.25. The van der Waals surface area contributed by atoms with Crippen LogP contribution in [0.25, 0.3) is 0 Å². The van der Waals surface area contributed by atoms with Crippen LogP contribution >= 0.6 is 0 Å². The van der Waals surface area contributed by atoms with Crippen LogP contribution in [-0.4, -0.2) is 39.7 Å². The third-order valence-electron chi connectivity index (χ3n) is 2.40. The fourth-order valence-corrected chi connectivity index (χ4v) is 1.49. The quantitative estimate of drug-likeness (QED) is 0.498. The van der Waals surface area contributed by atoms with Crippen LogP contribution in [0.15, 0.2) is 23.3 Å². The third kappa shape index (κ3) is 8.69. The molecule has 0 fully saturated rings. The van der Waals surface area contributed by atoms with E-state index in [9.17, 15) is 9.59 Å². The number of carbonyl (C=O) groups is 2. The predicted molar refractivity (Wildman–Crippen MR) is 94.6 cm³/mol. The van der Waals surface area contributed by atoms with Crippen LogP contribution in [0.2, 0.25) is 0 Å². The summed E-state index contributed by atoms with van der Waals surface area (Å²) in [5.41, 5.74) is 1.84. The molecule has 1 heterocycles. The molecule has 0 aliphatic carbocycles. The second-order valence-corrected chi connectivity index (χ2v) is 7.40. The van der Waals surface area contributed by atoms with Gasteiger partial charge in [0.25, 0.3) is 0 Å². The molecule has 2 amide bonds. The van der Waals surface area contributed by atoms with Crippen LogP contribution in [0.5, 0.6) is 0 Å².